The number of para-hydroxylation sites is 1. The number of anilines is 2. The van der Waals surface area contributed by atoms with Crippen LogP contribution in [0.3, 0.4) is 0 Å². The van der Waals surface area contributed by atoms with Crippen molar-refractivity contribution in [3.05, 3.63) is 40.9 Å². The summed E-state index contributed by atoms with van der Waals surface area (Å²) >= 11 is 4.76. The third-order valence-electron chi connectivity index (χ3n) is 4.79. The number of nitrogens with one attached hydrogen (secondary N) is 2. The molecule has 1 aliphatic rings. The minimum atomic E-state index is -0.102. The maximum Gasteiger partial charge on any atom is 0.234 e. The van der Waals surface area contributed by atoms with Crippen molar-refractivity contribution in [2.24, 2.45) is 5.92 Å². The van der Waals surface area contributed by atoms with Crippen LogP contribution in [0.25, 0.3) is 0 Å². The molecule has 1 atom stereocenters. The number of thioether (sulfide) groups is 1. The lowest BCUT2D eigenvalue weighted by Crippen LogP contribution is -2.43. The molecular weight excluding hydrogens is 466 g/mol. The van der Waals surface area contributed by atoms with Crippen molar-refractivity contribution in [3.8, 4) is 0 Å². The number of hydrogen-bond donors (Lipinski definition) is 2. The number of amides is 2. The first-order valence-electron chi connectivity index (χ1n) is 10.1. The zero-order valence-corrected chi connectivity index (χ0v) is 19.3. The van der Waals surface area contributed by atoms with E-state index in [1.807, 2.05) is 43.3 Å². The summed E-state index contributed by atoms with van der Waals surface area (Å²) < 4.78 is 0.843. The maximum absolute atomic E-state index is 12.3. The SMILES string of the molecule is CCCNC(=O)[C@H]1CCCN(c2ccc(SCC(=O)Nc3ccccc3Br)nn2)C1. The predicted molar refractivity (Wildman–Crippen MR) is 124 cm³/mol. The van der Waals surface area contributed by atoms with Crippen molar-refractivity contribution in [1.82, 2.24) is 15.5 Å². The lowest BCUT2D eigenvalue weighted by molar-refractivity contribution is -0.125. The van der Waals surface area contributed by atoms with Crippen LogP contribution in [-0.4, -0.2) is 47.4 Å². The molecule has 160 valence electrons. The van der Waals surface area contributed by atoms with Gasteiger partial charge in [0.1, 0.15) is 5.03 Å². The van der Waals surface area contributed by atoms with Gasteiger partial charge in [0.05, 0.1) is 17.4 Å². The van der Waals surface area contributed by atoms with Gasteiger partial charge >= 0.3 is 0 Å². The van der Waals surface area contributed by atoms with Gasteiger partial charge in [0, 0.05) is 24.1 Å². The number of rotatable bonds is 8. The Balaban J connectivity index is 1.50. The molecule has 0 saturated carbocycles. The summed E-state index contributed by atoms with van der Waals surface area (Å²) in [5, 5.41) is 15.1. The summed E-state index contributed by atoms with van der Waals surface area (Å²) in [6.07, 6.45) is 2.80. The second kappa shape index (κ2) is 11.3. The summed E-state index contributed by atoms with van der Waals surface area (Å²) in [6, 6.07) is 11.3. The van der Waals surface area contributed by atoms with Crippen LogP contribution in [0.15, 0.2) is 45.9 Å². The fourth-order valence-corrected chi connectivity index (χ4v) is 4.24. The first-order valence-corrected chi connectivity index (χ1v) is 11.9. The van der Waals surface area contributed by atoms with Gasteiger partial charge in [0.15, 0.2) is 5.82 Å². The maximum atomic E-state index is 12.3. The van der Waals surface area contributed by atoms with Crippen LogP contribution in [0.1, 0.15) is 26.2 Å². The molecule has 0 radical (unpaired) electrons. The molecule has 0 unspecified atom stereocenters. The first kappa shape index (κ1) is 22.6. The Labute approximate surface area is 189 Å². The van der Waals surface area contributed by atoms with Gasteiger partial charge in [0.2, 0.25) is 11.8 Å². The normalized spacial score (nSPS) is 16.2. The summed E-state index contributed by atoms with van der Waals surface area (Å²) in [6.45, 7) is 4.29. The van der Waals surface area contributed by atoms with Gasteiger partial charge in [-0.25, -0.2) is 0 Å². The average Bonchev–Trinajstić information content (AvgIpc) is 2.78. The highest BCUT2D eigenvalue weighted by Gasteiger charge is 2.26. The van der Waals surface area contributed by atoms with E-state index in [1.54, 1.807) is 0 Å². The van der Waals surface area contributed by atoms with Gasteiger partial charge < -0.3 is 15.5 Å². The summed E-state index contributed by atoms with van der Waals surface area (Å²) in [5.74, 6) is 1.03. The number of piperidine rings is 1. The van der Waals surface area contributed by atoms with E-state index in [0.717, 1.165) is 48.3 Å². The highest BCUT2D eigenvalue weighted by Crippen LogP contribution is 2.24. The second-order valence-electron chi connectivity index (χ2n) is 7.12. The molecule has 1 fully saturated rings. The Morgan fingerprint density at radius 2 is 2.07 bits per heavy atom. The highest BCUT2D eigenvalue weighted by molar-refractivity contribution is 9.10. The molecule has 2 heterocycles. The highest BCUT2D eigenvalue weighted by atomic mass is 79.9. The van der Waals surface area contributed by atoms with E-state index in [4.69, 9.17) is 0 Å². The number of carbonyl (C=O) groups excluding carboxylic acids is 2. The Morgan fingerprint density at radius 1 is 1.23 bits per heavy atom. The number of benzene rings is 1. The fraction of sp³-hybridized carbons (Fsp3) is 0.429. The fourth-order valence-electron chi connectivity index (χ4n) is 3.24. The van der Waals surface area contributed by atoms with Crippen LogP contribution in [0.2, 0.25) is 0 Å². The van der Waals surface area contributed by atoms with Crippen molar-refractivity contribution in [2.45, 2.75) is 31.2 Å². The molecule has 1 aromatic carbocycles. The van der Waals surface area contributed by atoms with Crippen molar-refractivity contribution >= 4 is 51.0 Å². The number of hydrogen-bond acceptors (Lipinski definition) is 6. The Bertz CT molecular complexity index is 865. The molecule has 2 amide bonds. The Kier molecular flexibility index (Phi) is 8.50. The van der Waals surface area contributed by atoms with Crippen LogP contribution < -0.4 is 15.5 Å². The van der Waals surface area contributed by atoms with Crippen LogP contribution in [0, 0.1) is 5.92 Å². The van der Waals surface area contributed by atoms with Crippen molar-refractivity contribution in [2.75, 3.05) is 35.6 Å². The lowest BCUT2D eigenvalue weighted by Gasteiger charge is -2.32. The molecule has 0 aliphatic carbocycles. The van der Waals surface area contributed by atoms with E-state index in [2.05, 4.69) is 41.7 Å². The standard InChI is InChI=1S/C21H26BrN5O2S/c1-2-11-23-21(29)15-6-5-12-27(13-15)18-9-10-20(26-25-18)30-14-19(28)24-17-8-4-3-7-16(17)22/h3-4,7-10,15H,2,5-6,11-14H2,1H3,(H,23,29)(H,24,28)/t15-/m0/s1. The number of halogens is 1. The smallest absolute Gasteiger partial charge is 0.234 e. The molecular formula is C21H26BrN5O2S. The summed E-state index contributed by atoms with van der Waals surface area (Å²) in [5.41, 5.74) is 0.743. The first-order chi connectivity index (χ1) is 14.6. The molecule has 1 aliphatic heterocycles. The quantitative estimate of drug-likeness (QED) is 0.547. The van der Waals surface area contributed by atoms with E-state index in [1.165, 1.54) is 11.8 Å². The topological polar surface area (TPSA) is 87.2 Å². The number of aromatic nitrogens is 2. The van der Waals surface area contributed by atoms with Gasteiger partial charge in [0.25, 0.3) is 0 Å². The summed E-state index contributed by atoms with van der Waals surface area (Å²) in [7, 11) is 0. The van der Waals surface area contributed by atoms with Crippen LogP contribution >= 0.6 is 27.7 Å². The average molecular weight is 492 g/mol. The zero-order valence-electron chi connectivity index (χ0n) is 16.9. The predicted octanol–water partition coefficient (Wildman–Crippen LogP) is 3.71. The van der Waals surface area contributed by atoms with Crippen LogP contribution in [-0.2, 0) is 9.59 Å². The summed E-state index contributed by atoms with van der Waals surface area (Å²) in [4.78, 5) is 26.6. The van der Waals surface area contributed by atoms with Crippen LogP contribution in [0.4, 0.5) is 11.5 Å². The molecule has 2 aromatic rings. The lowest BCUT2D eigenvalue weighted by atomic mass is 9.97. The van der Waals surface area contributed by atoms with E-state index >= 15 is 0 Å². The largest absolute Gasteiger partial charge is 0.356 e. The van der Waals surface area contributed by atoms with Gasteiger partial charge in [-0.05, 0) is 59.5 Å². The van der Waals surface area contributed by atoms with Crippen molar-refractivity contribution in [3.63, 3.8) is 0 Å². The number of nitrogens with zero attached hydrogens (tertiary/aromatic N) is 3. The van der Waals surface area contributed by atoms with Gasteiger partial charge in [-0.1, -0.05) is 30.8 Å². The Morgan fingerprint density at radius 3 is 2.80 bits per heavy atom. The van der Waals surface area contributed by atoms with Gasteiger partial charge in [-0.3, -0.25) is 9.59 Å². The van der Waals surface area contributed by atoms with E-state index in [-0.39, 0.29) is 23.5 Å². The Hall–Kier alpha value is -2.13. The molecule has 0 spiro atoms. The number of carbonyl (C=O) groups is 2. The van der Waals surface area contributed by atoms with E-state index < -0.39 is 0 Å². The molecule has 1 saturated heterocycles. The molecule has 2 N–H and O–H groups in total. The monoisotopic (exact) mass is 491 g/mol. The molecule has 3 rings (SSSR count). The molecule has 9 heteroatoms. The minimum Gasteiger partial charge on any atom is -0.356 e. The van der Waals surface area contributed by atoms with Gasteiger partial charge in [-0.15, -0.1) is 10.2 Å². The van der Waals surface area contributed by atoms with Crippen molar-refractivity contribution in [1.29, 1.82) is 0 Å². The molecule has 1 aromatic heterocycles. The molecule has 30 heavy (non-hydrogen) atoms. The van der Waals surface area contributed by atoms with E-state index in [0.29, 0.717) is 11.6 Å². The third-order valence-corrected chi connectivity index (χ3v) is 6.40. The van der Waals surface area contributed by atoms with Crippen LogP contribution in [0.5, 0.6) is 0 Å². The van der Waals surface area contributed by atoms with Gasteiger partial charge in [-0.2, -0.15) is 0 Å². The van der Waals surface area contributed by atoms with E-state index in [9.17, 15) is 9.59 Å². The zero-order chi connectivity index (χ0) is 21.3. The van der Waals surface area contributed by atoms with Crippen molar-refractivity contribution < 1.29 is 9.59 Å². The minimum absolute atomic E-state index is 0.0119. The molecule has 0 bridgehead atoms. The third kappa shape index (κ3) is 6.43. The second-order valence-corrected chi connectivity index (χ2v) is 8.97. The molecule has 7 nitrogen and oxygen atoms in total.